The van der Waals surface area contributed by atoms with Crippen LogP contribution >= 0.6 is 0 Å². The van der Waals surface area contributed by atoms with Crippen LogP contribution in [0.5, 0.6) is 0 Å². The van der Waals surface area contributed by atoms with E-state index in [0.717, 1.165) is 0 Å². The first-order valence-electron chi connectivity index (χ1n) is 11.1. The summed E-state index contributed by atoms with van der Waals surface area (Å²) in [7, 11) is 0.500. The molecule has 2 aromatic rings. The number of nitrogens with two attached hydrogens (primary N) is 2. The predicted molar refractivity (Wildman–Crippen MR) is 128 cm³/mol. The molecule has 0 saturated heterocycles. The minimum absolute atomic E-state index is 0.0853. The van der Waals surface area contributed by atoms with Crippen LogP contribution in [0.2, 0.25) is 0 Å². The summed E-state index contributed by atoms with van der Waals surface area (Å²) >= 11 is 0. The predicted octanol–water partition coefficient (Wildman–Crippen LogP) is 3.85. The van der Waals surface area contributed by atoms with Crippen molar-refractivity contribution in [3.63, 3.8) is 0 Å². The molecule has 0 heterocycles. The summed E-state index contributed by atoms with van der Waals surface area (Å²) in [6.07, 6.45) is -3.17. The fourth-order valence-electron chi connectivity index (χ4n) is 3.36. The van der Waals surface area contributed by atoms with Gasteiger partial charge in [0.25, 0.3) is 6.43 Å². The monoisotopic (exact) mass is 529 g/mol. The van der Waals surface area contributed by atoms with Gasteiger partial charge in [-0.25, -0.2) is 22.0 Å². The van der Waals surface area contributed by atoms with Crippen LogP contribution in [0.1, 0.15) is 30.0 Å². The summed E-state index contributed by atoms with van der Waals surface area (Å²) in [5, 5.41) is 11.7. The zero-order valence-electron chi connectivity index (χ0n) is 20.4. The second kappa shape index (κ2) is 15.4. The van der Waals surface area contributed by atoms with Crippen molar-refractivity contribution in [3.05, 3.63) is 76.2 Å². The molecule has 37 heavy (non-hydrogen) atoms. The fourth-order valence-corrected chi connectivity index (χ4v) is 3.36. The maximum atomic E-state index is 13.9. The van der Waals surface area contributed by atoms with Crippen molar-refractivity contribution < 1.29 is 31.1 Å². The third kappa shape index (κ3) is 9.69. The summed E-state index contributed by atoms with van der Waals surface area (Å²) in [6.45, 7) is 0.970. The Labute approximate surface area is 211 Å². The number of benzene rings is 2. The first-order chi connectivity index (χ1) is 17.5. The number of halogens is 6. The zero-order valence-corrected chi connectivity index (χ0v) is 20.4. The van der Waals surface area contributed by atoms with Crippen molar-refractivity contribution >= 4 is 11.6 Å². The molecule has 0 spiro atoms. The van der Waals surface area contributed by atoms with Gasteiger partial charge in [0.15, 0.2) is 11.6 Å². The van der Waals surface area contributed by atoms with Gasteiger partial charge in [0.2, 0.25) is 5.91 Å². The van der Waals surface area contributed by atoms with Gasteiger partial charge in [-0.05, 0) is 37.1 Å². The van der Waals surface area contributed by atoms with Crippen LogP contribution in [0, 0.1) is 28.8 Å². The molecule has 1 atom stereocenters. The number of hydrogen-bond acceptors (Lipinski definition) is 5. The van der Waals surface area contributed by atoms with E-state index in [1.807, 2.05) is 6.07 Å². The minimum atomic E-state index is -2.69. The molecule has 5 N–H and O–H groups in total. The summed E-state index contributed by atoms with van der Waals surface area (Å²) < 4.78 is 75.7. The Morgan fingerprint density at radius 3 is 2.35 bits per heavy atom. The first-order valence-corrected chi connectivity index (χ1v) is 11.1. The van der Waals surface area contributed by atoms with E-state index < -0.39 is 42.4 Å². The number of amides is 1. The highest BCUT2D eigenvalue weighted by Crippen LogP contribution is 2.18. The summed E-state index contributed by atoms with van der Waals surface area (Å²) in [6, 6.07) is 8.39. The lowest BCUT2D eigenvalue weighted by molar-refractivity contribution is -0.131. The number of carbonyl (C=O) groups excluding carboxylic acids is 1. The molecule has 0 aliphatic carbocycles. The van der Waals surface area contributed by atoms with Crippen molar-refractivity contribution in [3.8, 4) is 6.07 Å². The summed E-state index contributed by atoms with van der Waals surface area (Å²) in [4.78, 5) is 14.2. The lowest BCUT2D eigenvalue weighted by Crippen LogP contribution is -2.40. The maximum absolute atomic E-state index is 13.9. The number of nitrogens with one attached hydrogen (secondary N) is 1. The molecule has 0 fully saturated rings. The standard InChI is InChI=1S/C24H26F5N5O.CH3F/c1-2-34(23(35)9-17(31)7-16-8-19(26)20(27)10-18(16)25)13-21(33-12-22(28)29)24(32)15-5-3-4-14(6-15)11-30;1-2/h3-6,8,10,17,22,33H,2,7,9,12-13,31-32H2,1H3;1H3/b24-21-;. The van der Waals surface area contributed by atoms with E-state index in [9.17, 15) is 31.1 Å². The van der Waals surface area contributed by atoms with Crippen molar-refractivity contribution in [1.29, 1.82) is 5.26 Å². The van der Waals surface area contributed by atoms with Crippen molar-refractivity contribution in [2.45, 2.75) is 32.2 Å². The third-order valence-electron chi connectivity index (χ3n) is 5.19. The molecule has 0 saturated carbocycles. The first kappa shape index (κ1) is 31.3. The zero-order chi connectivity index (χ0) is 28.1. The van der Waals surface area contributed by atoms with Crippen LogP contribution in [0.25, 0.3) is 5.70 Å². The van der Waals surface area contributed by atoms with Gasteiger partial charge in [-0.3, -0.25) is 9.18 Å². The molecule has 0 aliphatic rings. The van der Waals surface area contributed by atoms with E-state index in [4.69, 9.17) is 16.7 Å². The van der Waals surface area contributed by atoms with Crippen LogP contribution in [-0.4, -0.2) is 50.1 Å². The molecular weight excluding hydrogens is 500 g/mol. The highest BCUT2D eigenvalue weighted by Gasteiger charge is 2.21. The van der Waals surface area contributed by atoms with Gasteiger partial charge >= 0.3 is 0 Å². The van der Waals surface area contributed by atoms with Crippen LogP contribution in [-0.2, 0) is 11.2 Å². The van der Waals surface area contributed by atoms with Crippen LogP contribution in [0.15, 0.2) is 42.1 Å². The van der Waals surface area contributed by atoms with E-state index in [-0.39, 0.29) is 42.9 Å². The maximum Gasteiger partial charge on any atom is 0.255 e. The molecule has 0 aliphatic heterocycles. The lowest BCUT2D eigenvalue weighted by atomic mass is 10.0. The third-order valence-corrected chi connectivity index (χ3v) is 5.19. The second-order valence-corrected chi connectivity index (χ2v) is 7.79. The Morgan fingerprint density at radius 1 is 1.11 bits per heavy atom. The van der Waals surface area contributed by atoms with Gasteiger partial charge in [0.1, 0.15) is 5.82 Å². The Kier molecular flexibility index (Phi) is 13.0. The van der Waals surface area contributed by atoms with Crippen molar-refractivity contribution in [2.24, 2.45) is 11.5 Å². The Morgan fingerprint density at radius 2 is 1.76 bits per heavy atom. The average Bonchev–Trinajstić information content (AvgIpc) is 2.88. The molecule has 1 amide bonds. The molecule has 202 valence electrons. The van der Waals surface area contributed by atoms with Crippen LogP contribution < -0.4 is 16.8 Å². The molecule has 0 bridgehead atoms. The number of alkyl halides is 3. The largest absolute Gasteiger partial charge is 0.397 e. The smallest absolute Gasteiger partial charge is 0.255 e. The second-order valence-electron chi connectivity index (χ2n) is 7.79. The number of nitriles is 1. The van der Waals surface area contributed by atoms with E-state index >= 15 is 0 Å². The van der Waals surface area contributed by atoms with E-state index in [2.05, 4.69) is 5.32 Å². The van der Waals surface area contributed by atoms with Crippen LogP contribution in [0.4, 0.5) is 26.3 Å². The molecule has 0 radical (unpaired) electrons. The Hall–Kier alpha value is -3.72. The topological polar surface area (TPSA) is 108 Å². The molecule has 12 heteroatoms. The number of hydrogen-bond donors (Lipinski definition) is 3. The van der Waals surface area contributed by atoms with Gasteiger partial charge in [-0.1, -0.05) is 12.1 Å². The molecular formula is C25H29F6N5O. The SMILES string of the molecule is CCN(C/C(NCC(F)F)=C(/N)c1cccc(C#N)c1)C(=O)CC(N)Cc1cc(F)c(F)cc1F.CF. The van der Waals surface area contributed by atoms with Crippen molar-refractivity contribution in [1.82, 2.24) is 10.2 Å². The summed E-state index contributed by atoms with van der Waals surface area (Å²) in [5.41, 5.74) is 12.9. The number of rotatable bonds is 11. The number of nitrogens with zero attached hydrogens (tertiary/aromatic N) is 2. The highest BCUT2D eigenvalue weighted by molar-refractivity contribution is 5.78. The van der Waals surface area contributed by atoms with E-state index in [0.29, 0.717) is 30.4 Å². The average molecular weight is 530 g/mol. The molecule has 1 unspecified atom stereocenters. The Bertz CT molecular complexity index is 1120. The minimum Gasteiger partial charge on any atom is -0.397 e. The molecule has 0 aromatic heterocycles. The number of carbonyl (C=O) groups is 1. The molecule has 6 nitrogen and oxygen atoms in total. The molecule has 2 rings (SSSR count). The quantitative estimate of drug-likeness (QED) is 0.303. The Balaban J connectivity index is 0.00000334. The van der Waals surface area contributed by atoms with Gasteiger partial charge in [-0.15, -0.1) is 0 Å². The summed E-state index contributed by atoms with van der Waals surface area (Å²) in [5.74, 6) is -4.02. The van der Waals surface area contributed by atoms with Gasteiger partial charge in [-0.2, -0.15) is 5.26 Å². The van der Waals surface area contributed by atoms with E-state index in [1.165, 1.54) is 11.0 Å². The lowest BCUT2D eigenvalue weighted by Gasteiger charge is -2.26. The van der Waals surface area contributed by atoms with Gasteiger partial charge in [0, 0.05) is 30.6 Å². The van der Waals surface area contributed by atoms with Gasteiger partial charge < -0.3 is 21.7 Å². The highest BCUT2D eigenvalue weighted by atomic mass is 19.3. The van der Waals surface area contributed by atoms with Gasteiger partial charge in [0.05, 0.1) is 43.3 Å². The van der Waals surface area contributed by atoms with E-state index in [1.54, 1.807) is 25.1 Å². The fraction of sp³-hybridized carbons (Fsp3) is 0.360. The van der Waals surface area contributed by atoms with Crippen LogP contribution in [0.3, 0.4) is 0 Å². The normalized spacial score (nSPS) is 12.1. The number of likely N-dealkylation sites (N-methyl/N-ethyl adjacent to an activating group) is 1. The molecule has 2 aromatic carbocycles. The van der Waals surface area contributed by atoms with Crippen molar-refractivity contribution in [2.75, 3.05) is 26.8 Å².